The monoisotopic (exact) mass is 966 g/mol. The molecule has 8 N–H and O–H groups in total. The highest BCUT2D eigenvalue weighted by Gasteiger charge is 2.35. The lowest BCUT2D eigenvalue weighted by Gasteiger charge is -2.41. The molecule has 0 aliphatic carbocycles. The van der Waals surface area contributed by atoms with E-state index in [2.05, 4.69) is 175 Å². The fourth-order valence-electron chi connectivity index (χ4n) is 9.43. The molecule has 0 radical (unpaired) electrons. The maximum Gasteiger partial charge on any atom is 0.246 e. The number of carbonyl (C=O) groups excluding carboxylic acids is 1. The molecule has 1 fully saturated rings. The van der Waals surface area contributed by atoms with Crippen LogP contribution in [0.1, 0.15) is 117 Å². The van der Waals surface area contributed by atoms with Crippen LogP contribution in [0.25, 0.3) is 27.9 Å². The van der Waals surface area contributed by atoms with Gasteiger partial charge >= 0.3 is 0 Å². The Balaban J connectivity index is 0.00000392. The SMILES string of the molecule is C=C.C=CCCC(C)(C)Cc1c(-c2cccnc2C(C)OC)n(CC)c2ccc(/C(=C/C)N=C(C)CC3(NC(=C)C(C(C)C)N(C)CCN(CCNC=C)C(=O)C=C)CCCCNN3)cc12.CN.CN. The Hall–Kier alpha value is -5.15. The van der Waals surface area contributed by atoms with Gasteiger partial charge in [-0.2, -0.15) is 0 Å². The molecule has 390 valence electrons. The molecule has 1 amide bonds. The molecule has 3 heterocycles. The van der Waals surface area contributed by atoms with Gasteiger partial charge in [0, 0.05) is 92.4 Å². The van der Waals surface area contributed by atoms with Crippen molar-refractivity contribution in [1.29, 1.82) is 0 Å². The maximum atomic E-state index is 12.7. The second kappa shape index (κ2) is 32.7. The Bertz CT molecular complexity index is 2130. The number of benzene rings is 1. The first-order chi connectivity index (χ1) is 33.6. The zero-order valence-corrected chi connectivity index (χ0v) is 45.6. The highest BCUT2D eigenvalue weighted by Crippen LogP contribution is 2.42. The molecule has 1 aliphatic heterocycles. The van der Waals surface area contributed by atoms with Gasteiger partial charge in [0.15, 0.2) is 0 Å². The third-order valence-electron chi connectivity index (χ3n) is 12.7. The Labute approximate surface area is 424 Å². The Morgan fingerprint density at radius 1 is 1.09 bits per heavy atom. The number of likely N-dealkylation sites (N-methyl/N-ethyl adjacent to an activating group) is 1. The zero-order chi connectivity index (χ0) is 53.0. The maximum absolute atomic E-state index is 12.7. The van der Waals surface area contributed by atoms with Crippen molar-refractivity contribution in [2.45, 2.75) is 125 Å². The van der Waals surface area contributed by atoms with Crippen LogP contribution in [0.5, 0.6) is 0 Å². The van der Waals surface area contributed by atoms with Crippen LogP contribution in [-0.2, 0) is 22.5 Å². The number of hydrogen-bond donors (Lipinski definition) is 6. The topological polar surface area (TPSA) is 163 Å². The molecule has 13 heteroatoms. The number of fused-ring (bicyclic) bond motifs is 1. The molecule has 0 spiro atoms. The van der Waals surface area contributed by atoms with Crippen LogP contribution in [0.4, 0.5) is 0 Å². The quantitative estimate of drug-likeness (QED) is 0.0198. The van der Waals surface area contributed by atoms with Gasteiger partial charge in [0.2, 0.25) is 5.91 Å². The summed E-state index contributed by atoms with van der Waals surface area (Å²) in [5, 5.41) is 8.27. The number of hydrogen-bond acceptors (Lipinski definition) is 11. The highest BCUT2D eigenvalue weighted by atomic mass is 16.5. The molecule has 1 saturated heterocycles. The number of nitrogens with zero attached hydrogens (tertiary/aromatic N) is 5. The van der Waals surface area contributed by atoms with E-state index in [1.165, 1.54) is 42.3 Å². The predicted molar refractivity (Wildman–Crippen MR) is 302 cm³/mol. The lowest BCUT2D eigenvalue weighted by atomic mass is 9.80. The molecule has 3 aromatic rings. The van der Waals surface area contributed by atoms with Crippen LogP contribution in [0, 0.1) is 11.3 Å². The first kappa shape index (κ1) is 62.9. The molecule has 2 aromatic heterocycles. The third-order valence-corrected chi connectivity index (χ3v) is 12.7. The fourth-order valence-corrected chi connectivity index (χ4v) is 9.43. The predicted octanol–water partition coefficient (Wildman–Crippen LogP) is 9.91. The smallest absolute Gasteiger partial charge is 0.246 e. The molecule has 3 unspecified atom stereocenters. The second-order valence-corrected chi connectivity index (χ2v) is 18.6. The van der Waals surface area contributed by atoms with Gasteiger partial charge < -0.3 is 36.3 Å². The zero-order valence-electron chi connectivity index (χ0n) is 45.6. The first-order valence-electron chi connectivity index (χ1n) is 25.1. The minimum Gasteiger partial charge on any atom is -0.390 e. The molecule has 0 saturated carbocycles. The average Bonchev–Trinajstić information content (AvgIpc) is 3.47. The minimum atomic E-state index is -0.517. The molecule has 70 heavy (non-hydrogen) atoms. The van der Waals surface area contributed by atoms with Crippen LogP contribution in [0.15, 0.2) is 111 Å². The van der Waals surface area contributed by atoms with Crippen molar-refractivity contribution in [3.8, 4) is 11.3 Å². The van der Waals surface area contributed by atoms with Crippen LogP contribution in [0.3, 0.4) is 0 Å². The minimum absolute atomic E-state index is 0.0145. The van der Waals surface area contributed by atoms with Crippen LogP contribution >= 0.6 is 0 Å². The molecular formula is C57H95N11O2. The van der Waals surface area contributed by atoms with Crippen molar-refractivity contribution >= 4 is 28.2 Å². The van der Waals surface area contributed by atoms with Crippen molar-refractivity contribution in [3.63, 3.8) is 0 Å². The van der Waals surface area contributed by atoms with E-state index in [-0.39, 0.29) is 29.4 Å². The number of hydrazine groups is 1. The summed E-state index contributed by atoms with van der Waals surface area (Å²) >= 11 is 0. The summed E-state index contributed by atoms with van der Waals surface area (Å²) in [6.45, 7) is 44.0. The van der Waals surface area contributed by atoms with E-state index >= 15 is 0 Å². The number of pyridine rings is 1. The van der Waals surface area contributed by atoms with Crippen LogP contribution in [0.2, 0.25) is 0 Å². The van der Waals surface area contributed by atoms with E-state index in [0.717, 1.165) is 85.5 Å². The summed E-state index contributed by atoms with van der Waals surface area (Å²) in [4.78, 5) is 27.1. The summed E-state index contributed by atoms with van der Waals surface area (Å²) in [7, 11) is 6.87. The van der Waals surface area contributed by atoms with Crippen LogP contribution < -0.4 is 33.0 Å². The summed E-state index contributed by atoms with van der Waals surface area (Å²) in [5.74, 6) is 0.184. The number of allylic oxidation sites excluding steroid dienone is 2. The van der Waals surface area contributed by atoms with Gasteiger partial charge in [-0.15, -0.1) is 19.7 Å². The summed E-state index contributed by atoms with van der Waals surface area (Å²) < 4.78 is 8.32. The molecule has 0 bridgehead atoms. The van der Waals surface area contributed by atoms with Crippen molar-refractivity contribution in [2.75, 3.05) is 61.0 Å². The molecule has 3 atom stereocenters. The summed E-state index contributed by atoms with van der Waals surface area (Å²) in [6, 6.07) is 11.1. The number of nitrogens with one attached hydrogen (secondary N) is 4. The van der Waals surface area contributed by atoms with Gasteiger partial charge in [-0.05, 0) is 141 Å². The molecule has 4 rings (SSSR count). The number of nitrogens with two attached hydrogens (primary N) is 2. The van der Waals surface area contributed by atoms with E-state index in [9.17, 15) is 4.79 Å². The number of carbonyl (C=O) groups is 1. The van der Waals surface area contributed by atoms with Gasteiger partial charge in [-0.3, -0.25) is 25.1 Å². The largest absolute Gasteiger partial charge is 0.390 e. The summed E-state index contributed by atoms with van der Waals surface area (Å²) in [5.41, 5.74) is 25.5. The standard InChI is InChI=1S/C53H81N9O2.C2H4.2CH5N/c1-15-20-27-52(11,12)37-45-44-35-42(25-26-47(44)62(19-5)51(45)43-24-23-29-55-49(43)41(10)64-14)46(16-2)57-39(8)36-53(28-21-22-30-56-59-53)58-40(9)50(38(6)7)60(13)33-34-61(48(63)17-3)32-31-54-18-4;3*1-2/h15-18,23-26,29,35,38,41,50,54,56,58-59H,1,3-4,9,19-22,27-28,30-34,36-37H2,2,5-8,10-14H3;1-2H2;2*2H2,1H3/b46-16-,57-39?;;;. The van der Waals surface area contributed by atoms with E-state index in [0.29, 0.717) is 32.6 Å². The van der Waals surface area contributed by atoms with Crippen molar-refractivity contribution in [3.05, 3.63) is 123 Å². The van der Waals surface area contributed by atoms with Crippen molar-refractivity contribution in [2.24, 2.45) is 27.8 Å². The molecular weight excluding hydrogens is 871 g/mol. The highest BCUT2D eigenvalue weighted by molar-refractivity contribution is 5.96. The van der Waals surface area contributed by atoms with Gasteiger partial charge in [0.05, 0.1) is 29.2 Å². The van der Waals surface area contributed by atoms with Crippen molar-refractivity contribution < 1.29 is 9.53 Å². The van der Waals surface area contributed by atoms with Gasteiger partial charge in [0.25, 0.3) is 0 Å². The van der Waals surface area contributed by atoms with Crippen molar-refractivity contribution in [1.82, 2.24) is 40.8 Å². The van der Waals surface area contributed by atoms with Gasteiger partial charge in [-0.1, -0.05) is 65.7 Å². The number of aliphatic imine (C=N–C) groups is 1. The van der Waals surface area contributed by atoms with E-state index in [4.69, 9.17) is 14.7 Å². The number of rotatable bonds is 26. The average molecular weight is 966 g/mol. The second-order valence-electron chi connectivity index (χ2n) is 18.6. The Morgan fingerprint density at radius 2 is 1.79 bits per heavy atom. The number of amides is 1. The van der Waals surface area contributed by atoms with E-state index < -0.39 is 5.66 Å². The number of ether oxygens (including phenoxy) is 1. The molecule has 1 aliphatic rings. The normalized spacial score (nSPS) is 16.0. The van der Waals surface area contributed by atoms with E-state index in [1.54, 1.807) is 13.3 Å². The summed E-state index contributed by atoms with van der Waals surface area (Å²) in [6.07, 6.45) is 15.5. The third kappa shape index (κ3) is 17.9. The van der Waals surface area contributed by atoms with Gasteiger partial charge in [0.1, 0.15) is 5.66 Å². The Morgan fingerprint density at radius 3 is 2.39 bits per heavy atom. The number of aromatic nitrogens is 2. The number of aryl methyl sites for hydroxylation is 1. The number of methoxy groups -OCH3 is 1. The van der Waals surface area contributed by atoms with Crippen LogP contribution in [-0.4, -0.2) is 104 Å². The van der Waals surface area contributed by atoms with E-state index in [1.807, 2.05) is 23.2 Å². The first-order valence-corrected chi connectivity index (χ1v) is 25.1. The Kier molecular flexibility index (Phi) is 29.3. The fraction of sp³-hybridized carbons (Fsp3) is 0.526. The lowest BCUT2D eigenvalue weighted by Crippen LogP contribution is -2.62. The van der Waals surface area contributed by atoms with Gasteiger partial charge in [-0.25, -0.2) is 5.43 Å². The molecule has 1 aromatic carbocycles. The lowest BCUT2D eigenvalue weighted by molar-refractivity contribution is -0.126. The molecule has 13 nitrogen and oxygen atoms in total.